The lowest BCUT2D eigenvalue weighted by atomic mass is 10.2. The number of carbonyl (C=O) groups is 1. The van der Waals surface area contributed by atoms with Crippen LogP contribution in [0, 0.1) is 6.92 Å². The number of rotatable bonds is 6. The van der Waals surface area contributed by atoms with Crippen LogP contribution in [0.4, 0.5) is 11.5 Å². The number of sulfonamides is 1. The fraction of sp³-hybridized carbons (Fsp3) is 0.115. The molecule has 10 nitrogen and oxygen atoms in total. The number of para-hydroxylation sites is 1. The van der Waals surface area contributed by atoms with E-state index in [4.69, 9.17) is 9.47 Å². The third kappa shape index (κ3) is 4.23. The van der Waals surface area contributed by atoms with Crippen molar-refractivity contribution < 1.29 is 22.7 Å². The highest BCUT2D eigenvalue weighted by Gasteiger charge is 2.23. The van der Waals surface area contributed by atoms with Crippen molar-refractivity contribution in [1.29, 1.82) is 0 Å². The van der Waals surface area contributed by atoms with E-state index in [0.29, 0.717) is 39.4 Å². The van der Waals surface area contributed by atoms with Crippen molar-refractivity contribution in [2.45, 2.75) is 11.8 Å². The fourth-order valence-electron chi connectivity index (χ4n) is 4.03. The van der Waals surface area contributed by atoms with Gasteiger partial charge in [-0.1, -0.05) is 29.5 Å². The number of fused-ring (bicyclic) bond motifs is 2. The number of aryl methyl sites for hydroxylation is 1. The maximum absolute atomic E-state index is 13.1. The number of thiazole rings is 1. The Kier molecular flexibility index (Phi) is 5.77. The highest BCUT2D eigenvalue weighted by Crippen LogP contribution is 2.39. The van der Waals surface area contributed by atoms with Crippen LogP contribution in [0.25, 0.3) is 15.3 Å². The molecule has 192 valence electrons. The highest BCUT2D eigenvalue weighted by atomic mass is 32.2. The zero-order chi connectivity index (χ0) is 26.4. The first-order chi connectivity index (χ1) is 18.3. The van der Waals surface area contributed by atoms with Gasteiger partial charge in [-0.15, -0.1) is 0 Å². The predicted octanol–water partition coefficient (Wildman–Crippen LogP) is 4.60. The van der Waals surface area contributed by atoms with Crippen molar-refractivity contribution in [3.63, 3.8) is 0 Å². The van der Waals surface area contributed by atoms with Gasteiger partial charge < -0.3 is 14.8 Å². The summed E-state index contributed by atoms with van der Waals surface area (Å²) in [5, 5.41) is 7.93. The van der Waals surface area contributed by atoms with Crippen LogP contribution in [-0.4, -0.2) is 42.9 Å². The van der Waals surface area contributed by atoms with Crippen LogP contribution in [0.3, 0.4) is 0 Å². The van der Waals surface area contributed by atoms with Gasteiger partial charge in [-0.2, -0.15) is 9.78 Å². The Hall–Kier alpha value is -4.42. The van der Waals surface area contributed by atoms with E-state index in [1.165, 1.54) is 47.0 Å². The Labute approximate surface area is 222 Å². The summed E-state index contributed by atoms with van der Waals surface area (Å²) in [4.78, 5) is 17.8. The van der Waals surface area contributed by atoms with E-state index in [2.05, 4.69) is 15.4 Å². The number of anilines is 2. The van der Waals surface area contributed by atoms with Gasteiger partial charge in [0.15, 0.2) is 11.5 Å². The van der Waals surface area contributed by atoms with Crippen LogP contribution >= 0.6 is 11.3 Å². The number of aromatic nitrogens is 3. The fourth-order valence-corrected chi connectivity index (χ4v) is 6.17. The van der Waals surface area contributed by atoms with E-state index >= 15 is 0 Å². The SMILES string of the molecule is Cc1cc(NC(=O)c2ccc(S(=O)(=O)N(C)c3ccccc3)cc2)n(-c2nc3cc4c(cc3s2)OCO4)n1. The summed E-state index contributed by atoms with van der Waals surface area (Å²) < 4.78 is 40.6. The van der Waals surface area contributed by atoms with Crippen molar-refractivity contribution >= 4 is 49.0 Å². The second-order valence-corrected chi connectivity index (χ2v) is 11.5. The van der Waals surface area contributed by atoms with Crippen molar-refractivity contribution in [1.82, 2.24) is 14.8 Å². The summed E-state index contributed by atoms with van der Waals surface area (Å²) in [5.41, 5.74) is 2.26. The molecule has 1 amide bonds. The topological polar surface area (TPSA) is 116 Å². The molecule has 1 N–H and O–H groups in total. The summed E-state index contributed by atoms with van der Waals surface area (Å²) in [6.45, 7) is 2.00. The zero-order valence-electron chi connectivity index (χ0n) is 20.3. The minimum Gasteiger partial charge on any atom is -0.454 e. The van der Waals surface area contributed by atoms with Crippen LogP contribution < -0.4 is 19.1 Å². The first-order valence-electron chi connectivity index (χ1n) is 11.5. The van der Waals surface area contributed by atoms with Gasteiger partial charge in [0, 0.05) is 30.8 Å². The summed E-state index contributed by atoms with van der Waals surface area (Å²) in [6, 6.07) is 20.0. The number of nitrogens with zero attached hydrogens (tertiary/aromatic N) is 4. The maximum atomic E-state index is 13.1. The second kappa shape index (κ2) is 9.15. The molecule has 0 radical (unpaired) electrons. The normalized spacial score (nSPS) is 12.6. The minimum atomic E-state index is -3.79. The average molecular weight is 548 g/mol. The van der Waals surface area contributed by atoms with Crippen molar-refractivity contribution in [3.05, 3.63) is 84.1 Å². The van der Waals surface area contributed by atoms with Crippen LogP contribution in [-0.2, 0) is 10.0 Å². The first-order valence-corrected chi connectivity index (χ1v) is 13.8. The number of amides is 1. The molecule has 0 saturated heterocycles. The number of ether oxygens (including phenoxy) is 2. The minimum absolute atomic E-state index is 0.0793. The first kappa shape index (κ1) is 23.9. The lowest BCUT2D eigenvalue weighted by molar-refractivity contribution is 0.102. The zero-order valence-corrected chi connectivity index (χ0v) is 21.9. The van der Waals surface area contributed by atoms with Crippen molar-refractivity contribution in [2.24, 2.45) is 0 Å². The summed E-state index contributed by atoms with van der Waals surface area (Å²) >= 11 is 1.40. The van der Waals surface area contributed by atoms with Gasteiger partial charge in [-0.25, -0.2) is 13.4 Å². The lowest BCUT2D eigenvalue weighted by Gasteiger charge is -2.19. The molecule has 0 aliphatic carbocycles. The Morgan fingerprint density at radius 1 is 1.03 bits per heavy atom. The summed E-state index contributed by atoms with van der Waals surface area (Å²) in [5.74, 6) is 1.33. The molecule has 0 unspecified atom stereocenters. The Balaban J connectivity index is 1.24. The molecule has 2 aromatic heterocycles. The highest BCUT2D eigenvalue weighted by molar-refractivity contribution is 7.92. The Bertz CT molecular complexity index is 1740. The molecule has 0 atom stereocenters. The van der Waals surface area contributed by atoms with E-state index in [1.807, 2.05) is 25.1 Å². The molecular weight excluding hydrogens is 526 g/mol. The van der Waals surface area contributed by atoms with E-state index < -0.39 is 15.9 Å². The van der Waals surface area contributed by atoms with Crippen LogP contribution in [0.5, 0.6) is 11.5 Å². The molecule has 1 aliphatic rings. The van der Waals surface area contributed by atoms with Crippen LogP contribution in [0.1, 0.15) is 16.1 Å². The quantitative estimate of drug-likeness (QED) is 0.330. The van der Waals surface area contributed by atoms with Gasteiger partial charge in [0.25, 0.3) is 15.9 Å². The Morgan fingerprint density at radius 3 is 2.47 bits per heavy atom. The third-order valence-corrected chi connectivity index (χ3v) is 8.81. The molecule has 0 spiro atoms. The number of hydrogen-bond acceptors (Lipinski definition) is 8. The van der Waals surface area contributed by atoms with Gasteiger partial charge >= 0.3 is 0 Å². The number of carbonyl (C=O) groups excluding carboxylic acids is 1. The van der Waals surface area contributed by atoms with E-state index in [9.17, 15) is 13.2 Å². The van der Waals surface area contributed by atoms with E-state index in [-0.39, 0.29) is 11.7 Å². The lowest BCUT2D eigenvalue weighted by Crippen LogP contribution is -2.26. The molecule has 6 rings (SSSR count). The number of benzene rings is 3. The average Bonchev–Trinajstić information content (AvgIpc) is 3.64. The molecule has 3 aromatic carbocycles. The van der Waals surface area contributed by atoms with Crippen molar-refractivity contribution in [2.75, 3.05) is 23.5 Å². The number of nitrogens with one attached hydrogen (secondary N) is 1. The second-order valence-electron chi connectivity index (χ2n) is 8.54. The maximum Gasteiger partial charge on any atom is 0.264 e. The molecule has 0 saturated carbocycles. The van der Waals surface area contributed by atoms with Gasteiger partial charge in [0.2, 0.25) is 11.9 Å². The molecule has 3 heterocycles. The molecule has 12 heteroatoms. The molecule has 0 bridgehead atoms. The number of hydrogen-bond donors (Lipinski definition) is 1. The predicted molar refractivity (Wildman–Crippen MR) is 144 cm³/mol. The van der Waals surface area contributed by atoms with Gasteiger partial charge in [-0.05, 0) is 43.3 Å². The summed E-state index contributed by atoms with van der Waals surface area (Å²) in [6.07, 6.45) is 0. The van der Waals surface area contributed by atoms with Gasteiger partial charge in [0.05, 0.1) is 26.5 Å². The Morgan fingerprint density at radius 2 is 1.74 bits per heavy atom. The smallest absolute Gasteiger partial charge is 0.264 e. The summed E-state index contributed by atoms with van der Waals surface area (Å²) in [7, 11) is -2.30. The van der Waals surface area contributed by atoms with Gasteiger partial charge in [-0.3, -0.25) is 9.10 Å². The van der Waals surface area contributed by atoms with Crippen LogP contribution in [0.15, 0.2) is 77.7 Å². The molecule has 38 heavy (non-hydrogen) atoms. The van der Waals surface area contributed by atoms with Gasteiger partial charge in [0.1, 0.15) is 5.82 Å². The molecular formula is C26H21N5O5S2. The largest absolute Gasteiger partial charge is 0.454 e. The van der Waals surface area contributed by atoms with E-state index in [0.717, 1.165) is 10.2 Å². The monoisotopic (exact) mass is 547 g/mol. The van der Waals surface area contributed by atoms with Crippen LogP contribution in [0.2, 0.25) is 0 Å². The van der Waals surface area contributed by atoms with Crippen molar-refractivity contribution in [3.8, 4) is 16.6 Å². The molecule has 5 aromatic rings. The van der Waals surface area contributed by atoms with E-state index in [1.54, 1.807) is 35.0 Å². The molecule has 1 aliphatic heterocycles. The standard InChI is InChI=1S/C26H21N5O5S2/c1-16-12-24(31(29-16)26-27-20-13-21-22(36-15-35-21)14-23(20)37-26)28-25(32)17-8-10-19(11-9-17)38(33,34)30(2)18-6-4-3-5-7-18/h3-14H,15H2,1-2H3,(H,28,32). The third-order valence-electron chi connectivity index (χ3n) is 6.02. The molecule has 0 fully saturated rings.